The molecule has 3 aromatic rings. The maximum absolute atomic E-state index is 13.1. The highest BCUT2D eigenvalue weighted by Gasteiger charge is 2.45. The Kier molecular flexibility index (Phi) is 8.99. The number of aliphatic hydroxyl groups excluding tert-OH is 3. The SMILES string of the molecule is CC[C@H]1OC(O)[C@H](NS(=O)(=O)/C(C#N)=C/c2ccc(-c3ccc4cc(N(CC)CC)ccc4c3)n2C)[C@@H](O)[C@@H]1O. The van der Waals surface area contributed by atoms with Crippen LogP contribution >= 0.6 is 0 Å². The van der Waals surface area contributed by atoms with Crippen molar-refractivity contribution in [2.45, 2.75) is 57.8 Å². The fourth-order valence-corrected chi connectivity index (χ4v) is 6.23. The van der Waals surface area contributed by atoms with Gasteiger partial charge in [0.2, 0.25) is 0 Å². The summed E-state index contributed by atoms with van der Waals surface area (Å²) in [5.74, 6) is 0. The smallest absolute Gasteiger partial charge is 0.251 e. The number of aliphatic hydroxyl groups is 3. The molecule has 1 saturated heterocycles. The van der Waals surface area contributed by atoms with Crippen LogP contribution in [0.4, 0.5) is 5.69 Å². The number of allylic oxidation sites excluding steroid dienone is 1. The van der Waals surface area contributed by atoms with E-state index in [1.54, 1.807) is 30.7 Å². The molecule has 1 aromatic heterocycles. The monoisotopic (exact) mass is 568 g/mol. The van der Waals surface area contributed by atoms with Crippen LogP contribution in [-0.4, -0.2) is 72.0 Å². The zero-order valence-electron chi connectivity index (χ0n) is 23.0. The Hall–Kier alpha value is -3.24. The van der Waals surface area contributed by atoms with Gasteiger partial charge in [-0.3, -0.25) is 0 Å². The van der Waals surface area contributed by atoms with Crippen LogP contribution < -0.4 is 9.62 Å². The first-order valence-corrected chi connectivity index (χ1v) is 14.8. The maximum atomic E-state index is 13.1. The van der Waals surface area contributed by atoms with Gasteiger partial charge in [-0.15, -0.1) is 0 Å². The number of sulfonamides is 1. The molecule has 11 heteroatoms. The van der Waals surface area contributed by atoms with Crippen LogP contribution in [0.2, 0.25) is 0 Å². The number of hydrogen-bond acceptors (Lipinski definition) is 8. The fraction of sp³-hybridized carbons (Fsp3) is 0.414. The van der Waals surface area contributed by atoms with E-state index in [-0.39, 0.29) is 0 Å². The van der Waals surface area contributed by atoms with Gasteiger partial charge in [0.1, 0.15) is 24.3 Å². The summed E-state index contributed by atoms with van der Waals surface area (Å²) < 4.78 is 35.3. The molecular weight excluding hydrogens is 532 g/mol. The van der Waals surface area contributed by atoms with Gasteiger partial charge in [0.05, 0.1) is 6.10 Å². The lowest BCUT2D eigenvalue weighted by Crippen LogP contribution is -2.63. The van der Waals surface area contributed by atoms with E-state index in [4.69, 9.17) is 4.74 Å². The number of nitrogens with one attached hydrogen (secondary N) is 1. The Morgan fingerprint density at radius 2 is 1.73 bits per heavy atom. The number of benzene rings is 2. The minimum Gasteiger partial charge on any atom is -0.388 e. The van der Waals surface area contributed by atoms with Gasteiger partial charge in [-0.2, -0.15) is 9.98 Å². The van der Waals surface area contributed by atoms with Gasteiger partial charge >= 0.3 is 0 Å². The lowest BCUT2D eigenvalue weighted by atomic mass is 9.96. The van der Waals surface area contributed by atoms with Crippen LogP contribution in [0.1, 0.15) is 32.9 Å². The van der Waals surface area contributed by atoms with E-state index in [2.05, 4.69) is 53.8 Å². The molecule has 0 aliphatic carbocycles. The topological polar surface area (TPSA) is 148 Å². The van der Waals surface area contributed by atoms with Gasteiger partial charge in [-0.25, -0.2) is 8.42 Å². The molecule has 1 aliphatic rings. The largest absolute Gasteiger partial charge is 0.388 e. The molecule has 2 aromatic carbocycles. The first-order valence-electron chi connectivity index (χ1n) is 13.3. The third kappa shape index (κ3) is 5.78. The average Bonchev–Trinajstić information content (AvgIpc) is 3.31. The predicted molar refractivity (Wildman–Crippen MR) is 155 cm³/mol. The van der Waals surface area contributed by atoms with Crippen molar-refractivity contribution < 1.29 is 28.5 Å². The van der Waals surface area contributed by atoms with Gasteiger partial charge in [-0.05, 0) is 73.0 Å². The van der Waals surface area contributed by atoms with E-state index in [0.717, 1.165) is 40.8 Å². The second kappa shape index (κ2) is 12.1. The predicted octanol–water partition coefficient (Wildman–Crippen LogP) is 2.69. The number of fused-ring (bicyclic) bond motifs is 1. The number of anilines is 1. The van der Waals surface area contributed by atoms with Crippen molar-refractivity contribution in [1.29, 1.82) is 5.26 Å². The number of nitrogens with zero attached hydrogens (tertiary/aromatic N) is 3. The summed E-state index contributed by atoms with van der Waals surface area (Å²) in [5.41, 5.74) is 3.37. The molecule has 4 rings (SSSR count). The minimum absolute atomic E-state index is 0.308. The highest BCUT2D eigenvalue weighted by molar-refractivity contribution is 7.93. The first kappa shape index (κ1) is 29.7. The molecule has 0 radical (unpaired) electrons. The summed E-state index contributed by atoms with van der Waals surface area (Å²) in [5, 5.41) is 42.7. The lowest BCUT2D eigenvalue weighted by molar-refractivity contribution is -0.244. The van der Waals surface area contributed by atoms with E-state index >= 15 is 0 Å². The second-order valence-electron chi connectivity index (χ2n) is 9.84. The van der Waals surface area contributed by atoms with Crippen LogP contribution in [0.15, 0.2) is 53.4 Å². The number of aromatic nitrogens is 1. The van der Waals surface area contributed by atoms with Crippen LogP contribution in [0.3, 0.4) is 0 Å². The molecule has 0 amide bonds. The lowest BCUT2D eigenvalue weighted by Gasteiger charge is -2.40. The van der Waals surface area contributed by atoms with Gasteiger partial charge in [0.25, 0.3) is 10.0 Å². The fourth-order valence-electron chi connectivity index (χ4n) is 5.10. The third-order valence-electron chi connectivity index (χ3n) is 7.50. The number of hydrogen-bond donors (Lipinski definition) is 4. The Balaban J connectivity index is 1.60. The van der Waals surface area contributed by atoms with E-state index in [1.165, 1.54) is 6.08 Å². The molecule has 0 saturated carbocycles. The van der Waals surface area contributed by atoms with Gasteiger partial charge in [0, 0.05) is 37.2 Å². The molecule has 214 valence electrons. The van der Waals surface area contributed by atoms with Crippen molar-refractivity contribution in [3.05, 3.63) is 59.1 Å². The maximum Gasteiger partial charge on any atom is 0.251 e. The highest BCUT2D eigenvalue weighted by Crippen LogP contribution is 2.30. The van der Waals surface area contributed by atoms with Crippen molar-refractivity contribution in [3.8, 4) is 17.3 Å². The van der Waals surface area contributed by atoms with Crippen molar-refractivity contribution in [2.75, 3.05) is 18.0 Å². The molecule has 0 bridgehead atoms. The molecule has 5 atom stereocenters. The summed E-state index contributed by atoms with van der Waals surface area (Å²) in [6, 6.07) is 16.2. The Morgan fingerprint density at radius 1 is 1.05 bits per heavy atom. The summed E-state index contributed by atoms with van der Waals surface area (Å²) in [6.45, 7) is 7.79. The quantitative estimate of drug-likeness (QED) is 0.288. The molecule has 2 heterocycles. The molecule has 4 N–H and O–H groups in total. The summed E-state index contributed by atoms with van der Waals surface area (Å²) in [7, 11) is -2.71. The molecule has 40 heavy (non-hydrogen) atoms. The number of rotatable bonds is 9. The highest BCUT2D eigenvalue weighted by atomic mass is 32.2. The van der Waals surface area contributed by atoms with E-state index in [1.807, 2.05) is 12.1 Å². The van der Waals surface area contributed by atoms with E-state index in [9.17, 15) is 29.0 Å². The molecular formula is C29H36N4O6S. The molecule has 1 unspecified atom stereocenters. The van der Waals surface area contributed by atoms with Crippen molar-refractivity contribution in [1.82, 2.24) is 9.29 Å². The summed E-state index contributed by atoms with van der Waals surface area (Å²) in [6.07, 6.45) is -4.05. The summed E-state index contributed by atoms with van der Waals surface area (Å²) >= 11 is 0. The van der Waals surface area contributed by atoms with Gasteiger partial charge < -0.3 is 29.5 Å². The van der Waals surface area contributed by atoms with Crippen molar-refractivity contribution in [2.24, 2.45) is 7.05 Å². The zero-order chi connectivity index (χ0) is 29.2. The van der Waals surface area contributed by atoms with Crippen molar-refractivity contribution >= 4 is 32.6 Å². The second-order valence-corrected chi connectivity index (χ2v) is 11.5. The Labute approximate surface area is 234 Å². The minimum atomic E-state index is -4.48. The Bertz CT molecular complexity index is 1540. The van der Waals surface area contributed by atoms with Crippen LogP contribution in [0.5, 0.6) is 0 Å². The standard InChI is InChI=1S/C29H36N4O6S/c1-5-25-27(34)28(35)26(29(36)39-25)31-40(37,38)23(17-30)16-21-12-13-24(32(21)4)20-9-8-19-15-22(33(6-2)7-3)11-10-18(19)14-20/h8-16,25-29,31,34-36H,5-7H2,1-4H3/b23-16+/t25-,26-,27-,28-,29?/m1/s1. The molecule has 10 nitrogen and oxygen atoms in total. The van der Waals surface area contributed by atoms with E-state index < -0.39 is 45.6 Å². The number of ether oxygens (including phenoxy) is 1. The Morgan fingerprint density at radius 3 is 2.38 bits per heavy atom. The third-order valence-corrected chi connectivity index (χ3v) is 8.87. The van der Waals surface area contributed by atoms with Crippen molar-refractivity contribution in [3.63, 3.8) is 0 Å². The van der Waals surface area contributed by atoms with Crippen LogP contribution in [0.25, 0.3) is 28.1 Å². The molecule has 0 spiro atoms. The van der Waals surface area contributed by atoms with Crippen LogP contribution in [-0.2, 0) is 21.8 Å². The normalized spacial score (nSPS) is 23.8. The number of nitriles is 1. The first-order chi connectivity index (χ1) is 19.0. The zero-order valence-corrected chi connectivity index (χ0v) is 23.8. The molecule has 1 fully saturated rings. The van der Waals surface area contributed by atoms with E-state index in [0.29, 0.717) is 12.1 Å². The van der Waals surface area contributed by atoms with Crippen LogP contribution in [0, 0.1) is 11.3 Å². The summed E-state index contributed by atoms with van der Waals surface area (Å²) in [4.78, 5) is 1.67. The average molecular weight is 569 g/mol. The van der Waals surface area contributed by atoms with Gasteiger partial charge in [0.15, 0.2) is 11.2 Å². The van der Waals surface area contributed by atoms with Gasteiger partial charge in [-0.1, -0.05) is 25.1 Å². The molecule has 1 aliphatic heterocycles.